The lowest BCUT2D eigenvalue weighted by Crippen LogP contribution is -2.38. The number of carbonyl (C=O) groups is 1. The monoisotopic (exact) mass is 514 g/mol. The van der Waals surface area contributed by atoms with Crippen molar-refractivity contribution in [1.82, 2.24) is 0 Å². The van der Waals surface area contributed by atoms with E-state index in [0.29, 0.717) is 5.69 Å². The topological polar surface area (TPSA) is 66.5 Å². The van der Waals surface area contributed by atoms with Crippen LogP contribution in [0, 0.1) is 13.8 Å². The number of sulfonamides is 1. The summed E-state index contributed by atoms with van der Waals surface area (Å²) in [6.45, 7) is 7.59. The zero-order chi connectivity index (χ0) is 23.5. The number of nitrogens with one attached hydrogen (secondary N) is 1. The normalized spacial score (nSPS) is 11.4. The SMILES string of the molecule is Cc1ccc(S(=O)(=O)N(CC(=O)Nc2c(C)cccc2C(C)C)c2ccc(Br)cc2)cc1. The number of anilines is 2. The number of halogens is 1. The smallest absolute Gasteiger partial charge is 0.264 e. The maximum Gasteiger partial charge on any atom is 0.264 e. The summed E-state index contributed by atoms with van der Waals surface area (Å²) in [5.74, 6) is -0.191. The molecule has 3 aromatic carbocycles. The maximum atomic E-state index is 13.5. The van der Waals surface area contributed by atoms with Gasteiger partial charge in [0.2, 0.25) is 5.91 Å². The molecule has 1 amide bonds. The second kappa shape index (κ2) is 9.88. The van der Waals surface area contributed by atoms with Crippen molar-refractivity contribution in [1.29, 1.82) is 0 Å². The van der Waals surface area contributed by atoms with Crippen molar-refractivity contribution in [2.45, 2.75) is 38.5 Å². The van der Waals surface area contributed by atoms with E-state index in [-0.39, 0.29) is 17.4 Å². The third-order valence-electron chi connectivity index (χ3n) is 5.20. The fraction of sp³-hybridized carbons (Fsp3) is 0.240. The highest BCUT2D eigenvalue weighted by molar-refractivity contribution is 9.10. The lowest BCUT2D eigenvalue weighted by atomic mass is 9.98. The molecule has 0 aliphatic carbocycles. The fourth-order valence-corrected chi connectivity index (χ4v) is 5.10. The summed E-state index contributed by atoms with van der Waals surface area (Å²) in [7, 11) is -3.95. The van der Waals surface area contributed by atoms with Crippen molar-refractivity contribution < 1.29 is 13.2 Å². The molecule has 3 rings (SSSR count). The molecule has 7 heteroatoms. The van der Waals surface area contributed by atoms with Crippen LogP contribution in [0.2, 0.25) is 0 Å². The minimum atomic E-state index is -3.95. The highest BCUT2D eigenvalue weighted by atomic mass is 79.9. The second-order valence-electron chi connectivity index (χ2n) is 8.04. The lowest BCUT2D eigenvalue weighted by Gasteiger charge is -2.25. The number of amides is 1. The van der Waals surface area contributed by atoms with E-state index in [2.05, 4.69) is 35.1 Å². The zero-order valence-corrected chi connectivity index (χ0v) is 21.0. The number of hydrogen-bond acceptors (Lipinski definition) is 3. The average Bonchev–Trinajstić information content (AvgIpc) is 2.74. The first-order chi connectivity index (χ1) is 15.1. The largest absolute Gasteiger partial charge is 0.324 e. The second-order valence-corrected chi connectivity index (χ2v) is 10.8. The van der Waals surface area contributed by atoms with E-state index in [9.17, 15) is 13.2 Å². The predicted molar refractivity (Wildman–Crippen MR) is 134 cm³/mol. The van der Waals surface area contributed by atoms with Crippen LogP contribution in [0.5, 0.6) is 0 Å². The highest BCUT2D eigenvalue weighted by Crippen LogP contribution is 2.29. The average molecular weight is 515 g/mol. The van der Waals surface area contributed by atoms with Gasteiger partial charge >= 0.3 is 0 Å². The predicted octanol–water partition coefficient (Wildman–Crippen LogP) is 6.02. The van der Waals surface area contributed by atoms with Crippen molar-refractivity contribution in [3.05, 3.63) is 87.9 Å². The quantitative estimate of drug-likeness (QED) is 0.418. The van der Waals surface area contributed by atoms with Gasteiger partial charge in [0.15, 0.2) is 0 Å². The Labute approximate surface area is 198 Å². The van der Waals surface area contributed by atoms with Crippen LogP contribution in [-0.2, 0) is 14.8 Å². The first-order valence-electron chi connectivity index (χ1n) is 10.3. The summed E-state index contributed by atoms with van der Waals surface area (Å²) in [4.78, 5) is 13.2. The first kappa shape index (κ1) is 24.0. The summed E-state index contributed by atoms with van der Waals surface area (Å²) < 4.78 is 29.0. The molecule has 0 aliphatic heterocycles. The van der Waals surface area contributed by atoms with Crippen LogP contribution in [-0.4, -0.2) is 20.9 Å². The standard InChI is InChI=1S/C25H27BrN2O3S/c1-17(2)23-7-5-6-19(4)25(23)27-24(29)16-28(21-12-10-20(26)11-13-21)32(30,31)22-14-8-18(3)9-15-22/h5-15,17H,16H2,1-4H3,(H,27,29). The minimum absolute atomic E-state index is 0.137. The van der Waals surface area contributed by atoms with Crippen molar-refractivity contribution in [3.63, 3.8) is 0 Å². The van der Waals surface area contributed by atoms with Gasteiger partial charge in [-0.3, -0.25) is 9.10 Å². The van der Waals surface area contributed by atoms with Crippen LogP contribution in [0.3, 0.4) is 0 Å². The number of rotatable bonds is 7. The molecular formula is C25H27BrN2O3S. The molecule has 0 bridgehead atoms. The van der Waals surface area contributed by atoms with Gasteiger partial charge in [0, 0.05) is 10.2 Å². The number of para-hydroxylation sites is 1. The molecule has 0 radical (unpaired) electrons. The van der Waals surface area contributed by atoms with Gasteiger partial charge < -0.3 is 5.32 Å². The van der Waals surface area contributed by atoms with Crippen LogP contribution in [0.25, 0.3) is 0 Å². The molecule has 0 aromatic heterocycles. The summed E-state index contributed by atoms with van der Waals surface area (Å²) in [6, 6.07) is 19.3. The van der Waals surface area contributed by atoms with Gasteiger partial charge in [0.1, 0.15) is 6.54 Å². The molecule has 0 atom stereocenters. The number of nitrogens with zero attached hydrogens (tertiary/aromatic N) is 1. The van der Waals surface area contributed by atoms with Gasteiger partial charge in [0.05, 0.1) is 10.6 Å². The van der Waals surface area contributed by atoms with Crippen LogP contribution >= 0.6 is 15.9 Å². The molecule has 32 heavy (non-hydrogen) atoms. The van der Waals surface area contributed by atoms with Gasteiger partial charge in [-0.15, -0.1) is 0 Å². The lowest BCUT2D eigenvalue weighted by molar-refractivity contribution is -0.114. The molecule has 0 aliphatic rings. The molecular weight excluding hydrogens is 488 g/mol. The minimum Gasteiger partial charge on any atom is -0.324 e. The first-order valence-corrected chi connectivity index (χ1v) is 12.6. The van der Waals surface area contributed by atoms with Crippen molar-refractivity contribution in [3.8, 4) is 0 Å². The molecule has 0 saturated carbocycles. The van der Waals surface area contributed by atoms with E-state index in [4.69, 9.17) is 0 Å². The Kier molecular flexibility index (Phi) is 7.41. The van der Waals surface area contributed by atoms with Gasteiger partial charge in [0.25, 0.3) is 10.0 Å². The highest BCUT2D eigenvalue weighted by Gasteiger charge is 2.27. The van der Waals surface area contributed by atoms with E-state index in [1.54, 1.807) is 48.5 Å². The number of hydrogen-bond donors (Lipinski definition) is 1. The van der Waals surface area contributed by atoms with E-state index >= 15 is 0 Å². The Morgan fingerprint density at radius 3 is 2.19 bits per heavy atom. The third kappa shape index (κ3) is 5.40. The van der Waals surface area contributed by atoms with Crippen LogP contribution in [0.4, 0.5) is 11.4 Å². The van der Waals surface area contributed by atoms with Crippen LogP contribution in [0.1, 0.15) is 36.5 Å². The summed E-state index contributed by atoms with van der Waals surface area (Å²) >= 11 is 3.38. The van der Waals surface area contributed by atoms with Crippen molar-refractivity contribution in [2.24, 2.45) is 0 Å². The Morgan fingerprint density at radius 2 is 1.59 bits per heavy atom. The van der Waals surface area contributed by atoms with Gasteiger partial charge in [-0.2, -0.15) is 0 Å². The van der Waals surface area contributed by atoms with Crippen LogP contribution < -0.4 is 9.62 Å². The number of carbonyl (C=O) groups excluding carboxylic acids is 1. The zero-order valence-electron chi connectivity index (χ0n) is 18.6. The molecule has 1 N–H and O–H groups in total. The Balaban J connectivity index is 1.98. The summed E-state index contributed by atoms with van der Waals surface area (Å²) in [5.41, 5.74) is 4.04. The summed E-state index contributed by atoms with van der Waals surface area (Å²) in [6.07, 6.45) is 0. The van der Waals surface area contributed by atoms with E-state index in [0.717, 1.165) is 31.2 Å². The molecule has 3 aromatic rings. The third-order valence-corrected chi connectivity index (χ3v) is 7.52. The Morgan fingerprint density at radius 1 is 0.969 bits per heavy atom. The Bertz CT molecular complexity index is 1200. The van der Waals surface area contributed by atoms with Crippen molar-refractivity contribution in [2.75, 3.05) is 16.2 Å². The maximum absolute atomic E-state index is 13.5. The molecule has 5 nitrogen and oxygen atoms in total. The van der Waals surface area contributed by atoms with E-state index in [1.165, 1.54) is 0 Å². The van der Waals surface area contributed by atoms with Crippen molar-refractivity contribution >= 4 is 43.2 Å². The molecule has 0 saturated heterocycles. The van der Waals surface area contributed by atoms with Gasteiger partial charge in [-0.25, -0.2) is 8.42 Å². The van der Waals surface area contributed by atoms with Crippen LogP contribution in [0.15, 0.2) is 76.1 Å². The van der Waals surface area contributed by atoms with Gasteiger partial charge in [-0.05, 0) is 67.3 Å². The number of benzene rings is 3. The van der Waals surface area contributed by atoms with Gasteiger partial charge in [-0.1, -0.05) is 65.7 Å². The molecule has 168 valence electrons. The summed E-state index contributed by atoms with van der Waals surface area (Å²) in [5, 5.41) is 2.95. The fourth-order valence-electron chi connectivity index (χ4n) is 3.41. The van der Waals surface area contributed by atoms with E-state index < -0.39 is 15.9 Å². The molecule has 0 heterocycles. The number of aryl methyl sites for hydroxylation is 2. The molecule has 0 unspecified atom stereocenters. The molecule has 0 spiro atoms. The molecule has 0 fully saturated rings. The Hall–Kier alpha value is -2.64. The van der Waals surface area contributed by atoms with E-state index in [1.807, 2.05) is 32.0 Å².